The van der Waals surface area contributed by atoms with Crippen LogP contribution in [0.25, 0.3) is 15.8 Å². The van der Waals surface area contributed by atoms with E-state index in [-0.39, 0.29) is 86.4 Å². The largest absolute Gasteiger partial charge is 1.00 e. The topological polar surface area (TPSA) is 113 Å². The Balaban J connectivity index is 0.00000408. The molecule has 34 heavy (non-hydrogen) atoms. The number of nitrogens with one attached hydrogen (secondary N) is 1. The van der Waals surface area contributed by atoms with Gasteiger partial charge >= 0.3 is 51.4 Å². The number of hydrogen-bond donors (Lipinski definition) is 3. The average molecular weight is 565 g/mol. The van der Waals surface area contributed by atoms with Gasteiger partial charge in [-0.25, -0.2) is 5.43 Å². The van der Waals surface area contributed by atoms with Crippen molar-refractivity contribution in [3.05, 3.63) is 78.9 Å². The van der Waals surface area contributed by atoms with Gasteiger partial charge < -0.3 is 20.3 Å². The number of thiophene rings is 1. The summed E-state index contributed by atoms with van der Waals surface area (Å²) in [4.78, 5) is 25.0. The summed E-state index contributed by atoms with van der Waals surface area (Å²) in [5.74, 6) is -1.13. The first-order chi connectivity index (χ1) is 15.7. The van der Waals surface area contributed by atoms with Crippen molar-refractivity contribution in [1.82, 2.24) is 5.43 Å². The van der Waals surface area contributed by atoms with Crippen molar-refractivity contribution in [3.8, 4) is 16.2 Å². The second-order valence-corrected chi connectivity index (χ2v) is 8.80. The predicted octanol–water partition coefficient (Wildman–Crippen LogP) is 2.75. The van der Waals surface area contributed by atoms with E-state index < -0.39 is 11.8 Å². The number of aliphatic hydroxyl groups excluding tert-OH is 1. The monoisotopic (exact) mass is 563 g/mol. The van der Waals surface area contributed by atoms with Crippen molar-refractivity contribution < 1.29 is 71.2 Å². The van der Waals surface area contributed by atoms with Crippen LogP contribution in [-0.2, 0) is 0 Å². The van der Waals surface area contributed by atoms with Crippen LogP contribution < -0.4 is 56.8 Å². The zero-order valence-electron chi connectivity index (χ0n) is 18.1. The first-order valence-corrected chi connectivity index (χ1v) is 11.5. The van der Waals surface area contributed by atoms with Crippen LogP contribution in [0, 0.1) is 0 Å². The van der Waals surface area contributed by atoms with Crippen LogP contribution in [0.3, 0.4) is 0 Å². The molecule has 172 valence electrons. The maximum absolute atomic E-state index is 12.5. The summed E-state index contributed by atoms with van der Waals surface area (Å²) in [6.45, 7) is 1.35. The van der Waals surface area contributed by atoms with Gasteiger partial charge in [0.05, 0.1) is 37.1 Å². The molecule has 0 aliphatic rings. The molecule has 0 atom stereocenters. The Bertz CT molecular complexity index is 1250. The van der Waals surface area contributed by atoms with E-state index in [0.717, 1.165) is 0 Å². The maximum Gasteiger partial charge on any atom is 1.00 e. The molecule has 12 heteroatoms. The molecule has 1 heterocycles. The average Bonchev–Trinajstić information content (AvgIpc) is 3.18. The van der Waals surface area contributed by atoms with Crippen LogP contribution in [-0.4, -0.2) is 40.9 Å². The minimum Gasteiger partial charge on any atom is -0.647 e. The van der Waals surface area contributed by atoms with Crippen molar-refractivity contribution >= 4 is 63.7 Å². The minimum atomic E-state index is -0.583. The SMILES string of the molecule is CC(=NNC(=O)c1ccc(C(=O)[N-]CCO)c(Cl)c1)c1csc(-c2ccc(Cl)c(Cl)c2)c1O.[K+]. The Labute approximate surface area is 257 Å². The predicted molar refractivity (Wildman–Crippen MR) is 132 cm³/mol. The molecule has 2 amide bonds. The van der Waals surface area contributed by atoms with E-state index in [9.17, 15) is 14.7 Å². The van der Waals surface area contributed by atoms with Crippen LogP contribution >= 0.6 is 46.1 Å². The Morgan fingerprint density at radius 1 is 1.06 bits per heavy atom. The van der Waals surface area contributed by atoms with Gasteiger partial charge in [-0.05, 0) is 36.8 Å². The zero-order chi connectivity index (χ0) is 24.1. The molecule has 0 aliphatic carbocycles. The molecule has 0 saturated carbocycles. The second-order valence-electron chi connectivity index (χ2n) is 6.70. The van der Waals surface area contributed by atoms with Gasteiger partial charge in [0, 0.05) is 23.1 Å². The number of amides is 2. The van der Waals surface area contributed by atoms with E-state index in [2.05, 4.69) is 15.8 Å². The van der Waals surface area contributed by atoms with Crippen molar-refractivity contribution in [1.29, 1.82) is 0 Å². The normalized spacial score (nSPS) is 11.0. The van der Waals surface area contributed by atoms with E-state index in [0.29, 0.717) is 31.8 Å². The summed E-state index contributed by atoms with van der Waals surface area (Å²) < 4.78 is 0. The summed E-state index contributed by atoms with van der Waals surface area (Å²) in [5.41, 5.74) is 4.24. The molecule has 0 unspecified atom stereocenters. The van der Waals surface area contributed by atoms with E-state index >= 15 is 0 Å². The summed E-state index contributed by atoms with van der Waals surface area (Å²) in [6.07, 6.45) is 0. The Morgan fingerprint density at radius 3 is 2.44 bits per heavy atom. The summed E-state index contributed by atoms with van der Waals surface area (Å²) >= 11 is 19.4. The van der Waals surface area contributed by atoms with Gasteiger partial charge in [-0.2, -0.15) is 5.10 Å². The number of halogens is 3. The van der Waals surface area contributed by atoms with Crippen LogP contribution in [0.5, 0.6) is 5.75 Å². The maximum atomic E-state index is 12.5. The molecule has 0 saturated heterocycles. The van der Waals surface area contributed by atoms with Gasteiger partial charge in [0.25, 0.3) is 5.91 Å². The fourth-order valence-corrected chi connectivity index (χ4v) is 4.34. The van der Waals surface area contributed by atoms with Crippen molar-refractivity contribution in [2.75, 3.05) is 13.2 Å². The van der Waals surface area contributed by atoms with Crippen molar-refractivity contribution in [2.24, 2.45) is 5.10 Å². The minimum absolute atomic E-state index is 0. The van der Waals surface area contributed by atoms with E-state index in [4.69, 9.17) is 39.9 Å². The number of benzene rings is 2. The number of carbonyl (C=O) groups is 2. The van der Waals surface area contributed by atoms with E-state index in [1.165, 1.54) is 29.5 Å². The van der Waals surface area contributed by atoms with Crippen LogP contribution in [0.2, 0.25) is 15.1 Å². The Hall–Kier alpha value is -0.984. The van der Waals surface area contributed by atoms with Gasteiger partial charge in [0.1, 0.15) is 5.75 Å². The molecule has 3 rings (SSSR count). The smallest absolute Gasteiger partial charge is 0.647 e. The number of nitrogens with zero attached hydrogens (tertiary/aromatic N) is 2. The van der Waals surface area contributed by atoms with Crippen LogP contribution in [0.15, 0.2) is 46.9 Å². The summed E-state index contributed by atoms with van der Waals surface area (Å²) in [5, 5.41) is 29.7. The molecule has 7 nitrogen and oxygen atoms in total. The number of aromatic hydroxyl groups is 1. The molecule has 0 spiro atoms. The molecule has 0 aliphatic heterocycles. The molecule has 0 bridgehead atoms. The van der Waals surface area contributed by atoms with Crippen LogP contribution in [0.4, 0.5) is 0 Å². The second kappa shape index (κ2) is 13.4. The van der Waals surface area contributed by atoms with E-state index in [1.807, 2.05) is 0 Å². The third-order valence-corrected chi connectivity index (χ3v) is 6.55. The van der Waals surface area contributed by atoms with Crippen LogP contribution in [0.1, 0.15) is 33.2 Å². The number of hydrazone groups is 1. The number of rotatable bonds is 7. The molecule has 0 radical (unpaired) electrons. The molecule has 0 fully saturated rings. The molecular formula is C22H17Cl3KN3O4S. The third-order valence-electron chi connectivity index (χ3n) is 4.48. The van der Waals surface area contributed by atoms with Gasteiger partial charge in [-0.3, -0.25) is 4.79 Å². The summed E-state index contributed by atoms with van der Waals surface area (Å²) in [6, 6.07) is 9.16. The molecule has 2 aromatic carbocycles. The molecule has 3 N–H and O–H groups in total. The fraction of sp³-hybridized carbons (Fsp3) is 0.136. The number of hydrogen-bond acceptors (Lipinski definition) is 6. The number of carbonyl (C=O) groups excluding carboxylic acids is 2. The molecule has 1 aromatic heterocycles. The first-order valence-electron chi connectivity index (χ1n) is 9.46. The van der Waals surface area contributed by atoms with Gasteiger partial charge in [0.2, 0.25) is 0 Å². The summed E-state index contributed by atoms with van der Waals surface area (Å²) in [7, 11) is 0. The Morgan fingerprint density at radius 2 is 1.79 bits per heavy atom. The van der Waals surface area contributed by atoms with E-state index in [1.54, 1.807) is 30.5 Å². The molecule has 3 aromatic rings. The molecular weight excluding hydrogens is 548 g/mol. The van der Waals surface area contributed by atoms with Gasteiger partial charge in [0.15, 0.2) is 0 Å². The fourth-order valence-electron chi connectivity index (χ4n) is 2.78. The quantitative estimate of drug-likeness (QED) is 0.233. The zero-order valence-corrected chi connectivity index (χ0v) is 24.3. The first kappa shape index (κ1) is 29.2. The van der Waals surface area contributed by atoms with Gasteiger partial charge in [-0.15, -0.1) is 17.9 Å². The van der Waals surface area contributed by atoms with Crippen molar-refractivity contribution in [3.63, 3.8) is 0 Å². The van der Waals surface area contributed by atoms with Gasteiger partial charge in [-0.1, -0.05) is 46.9 Å². The third kappa shape index (κ3) is 7.04. The van der Waals surface area contributed by atoms with Crippen molar-refractivity contribution in [2.45, 2.75) is 6.92 Å². The standard InChI is InChI=1S/C22H18Cl3N3O4S.K/c1-11(15-10-33-20(19(15)30)12-3-5-16(23)18(25)8-12)27-28-21(31)13-2-4-14(17(24)9-13)22(32)26-6-7-29;/h2-5,8-10,29H,6-7H2,1H3,(H3,26,28,30,31,32);/q;+1/p-1. The Kier molecular flexibility index (Phi) is 11.5. The number of aliphatic hydroxyl groups is 1.